The standard InChI is InChI=1S/C17H17N3/c1-2-12-5-3-4-6-15(12)20-16-8-7-13-11-19-10-9-14(13)17(16)18/h3-11,20H,2,18H2,1H3. The average molecular weight is 263 g/mol. The Morgan fingerprint density at radius 2 is 1.90 bits per heavy atom. The van der Waals surface area contributed by atoms with E-state index in [-0.39, 0.29) is 0 Å². The first-order valence-corrected chi connectivity index (χ1v) is 6.76. The minimum Gasteiger partial charge on any atom is -0.397 e. The van der Waals surface area contributed by atoms with E-state index in [2.05, 4.69) is 35.4 Å². The van der Waals surface area contributed by atoms with Crippen molar-refractivity contribution in [2.24, 2.45) is 0 Å². The van der Waals surface area contributed by atoms with Gasteiger partial charge in [0.1, 0.15) is 0 Å². The maximum Gasteiger partial charge on any atom is 0.0634 e. The lowest BCUT2D eigenvalue weighted by atomic mass is 10.1. The number of anilines is 3. The second-order valence-electron chi connectivity index (χ2n) is 4.76. The van der Waals surface area contributed by atoms with Gasteiger partial charge in [0.05, 0.1) is 11.4 Å². The third-order valence-electron chi connectivity index (χ3n) is 3.53. The van der Waals surface area contributed by atoms with Crippen molar-refractivity contribution in [2.45, 2.75) is 13.3 Å². The van der Waals surface area contributed by atoms with Crippen LogP contribution in [0.5, 0.6) is 0 Å². The molecule has 0 fully saturated rings. The highest BCUT2D eigenvalue weighted by Gasteiger charge is 2.06. The molecule has 100 valence electrons. The van der Waals surface area contributed by atoms with Crippen LogP contribution in [0.25, 0.3) is 10.8 Å². The maximum atomic E-state index is 6.27. The fraction of sp³-hybridized carbons (Fsp3) is 0.118. The Morgan fingerprint density at radius 1 is 1.05 bits per heavy atom. The minimum atomic E-state index is 0.760. The number of para-hydroxylation sites is 1. The number of benzene rings is 2. The molecule has 20 heavy (non-hydrogen) atoms. The van der Waals surface area contributed by atoms with Crippen LogP contribution in [0.3, 0.4) is 0 Å². The fourth-order valence-electron chi connectivity index (χ4n) is 2.40. The monoisotopic (exact) mass is 263 g/mol. The Labute approximate surface area is 118 Å². The fourth-order valence-corrected chi connectivity index (χ4v) is 2.40. The lowest BCUT2D eigenvalue weighted by molar-refractivity contribution is 1.14. The largest absolute Gasteiger partial charge is 0.397 e. The second-order valence-corrected chi connectivity index (χ2v) is 4.76. The molecule has 0 aliphatic carbocycles. The highest BCUT2D eigenvalue weighted by Crippen LogP contribution is 2.31. The van der Waals surface area contributed by atoms with Gasteiger partial charge in [0.15, 0.2) is 0 Å². The third kappa shape index (κ3) is 2.18. The molecule has 0 bridgehead atoms. The number of nitrogens with two attached hydrogens (primary N) is 1. The summed E-state index contributed by atoms with van der Waals surface area (Å²) in [7, 11) is 0. The number of hydrogen-bond acceptors (Lipinski definition) is 3. The van der Waals surface area contributed by atoms with Crippen LogP contribution in [0.4, 0.5) is 17.1 Å². The van der Waals surface area contributed by atoms with Crippen LogP contribution in [0.1, 0.15) is 12.5 Å². The van der Waals surface area contributed by atoms with Gasteiger partial charge < -0.3 is 11.1 Å². The molecule has 0 atom stereocenters. The number of aromatic nitrogens is 1. The molecule has 0 spiro atoms. The smallest absolute Gasteiger partial charge is 0.0634 e. The van der Waals surface area contributed by atoms with Crippen LogP contribution < -0.4 is 11.1 Å². The molecule has 1 aromatic heterocycles. The molecule has 1 heterocycles. The van der Waals surface area contributed by atoms with E-state index >= 15 is 0 Å². The van der Waals surface area contributed by atoms with E-state index in [0.717, 1.165) is 34.3 Å². The van der Waals surface area contributed by atoms with E-state index in [0.29, 0.717) is 0 Å². The summed E-state index contributed by atoms with van der Waals surface area (Å²) < 4.78 is 0. The van der Waals surface area contributed by atoms with Gasteiger partial charge >= 0.3 is 0 Å². The number of pyridine rings is 1. The van der Waals surface area contributed by atoms with Gasteiger partial charge in [0, 0.05) is 28.9 Å². The number of aryl methyl sites for hydroxylation is 1. The zero-order chi connectivity index (χ0) is 13.9. The number of fused-ring (bicyclic) bond motifs is 1. The van der Waals surface area contributed by atoms with Gasteiger partial charge in [-0.2, -0.15) is 0 Å². The van der Waals surface area contributed by atoms with Gasteiger partial charge in [-0.25, -0.2) is 0 Å². The molecule has 0 saturated carbocycles. The lowest BCUT2D eigenvalue weighted by Gasteiger charge is -2.14. The number of hydrogen-bond donors (Lipinski definition) is 2. The minimum absolute atomic E-state index is 0.760. The van der Waals surface area contributed by atoms with Crippen molar-refractivity contribution >= 4 is 27.8 Å². The predicted molar refractivity (Wildman–Crippen MR) is 85.3 cm³/mol. The molecule has 0 saturated heterocycles. The summed E-state index contributed by atoms with van der Waals surface area (Å²) in [4.78, 5) is 4.12. The molecule has 2 aromatic carbocycles. The number of nitrogens with one attached hydrogen (secondary N) is 1. The van der Waals surface area contributed by atoms with E-state index in [9.17, 15) is 0 Å². The van der Waals surface area contributed by atoms with Gasteiger partial charge in [-0.05, 0) is 30.2 Å². The molecular weight excluding hydrogens is 246 g/mol. The van der Waals surface area contributed by atoms with Crippen molar-refractivity contribution in [1.29, 1.82) is 0 Å². The molecule has 3 nitrogen and oxygen atoms in total. The maximum absolute atomic E-state index is 6.27. The first-order chi connectivity index (χ1) is 9.79. The Hall–Kier alpha value is -2.55. The highest BCUT2D eigenvalue weighted by atomic mass is 14.9. The summed E-state index contributed by atoms with van der Waals surface area (Å²) in [6.45, 7) is 2.15. The predicted octanol–water partition coefficient (Wildman–Crippen LogP) is 4.12. The summed E-state index contributed by atoms with van der Waals surface area (Å²) >= 11 is 0. The molecular formula is C17H17N3. The van der Waals surface area contributed by atoms with Crippen LogP contribution >= 0.6 is 0 Å². The SMILES string of the molecule is CCc1ccccc1Nc1ccc2cnccc2c1N. The molecule has 0 aliphatic rings. The molecule has 0 unspecified atom stereocenters. The van der Waals surface area contributed by atoms with Crippen molar-refractivity contribution in [2.75, 3.05) is 11.1 Å². The molecule has 3 heteroatoms. The summed E-state index contributed by atoms with van der Waals surface area (Å²) in [5.41, 5.74) is 10.3. The topological polar surface area (TPSA) is 50.9 Å². The van der Waals surface area contributed by atoms with E-state index in [1.54, 1.807) is 6.20 Å². The quantitative estimate of drug-likeness (QED) is 0.699. The molecule has 0 amide bonds. The van der Waals surface area contributed by atoms with Crippen molar-refractivity contribution in [3.05, 3.63) is 60.4 Å². The molecule has 3 rings (SSSR count). The molecule has 0 radical (unpaired) electrons. The van der Waals surface area contributed by atoms with Crippen LogP contribution in [0.15, 0.2) is 54.9 Å². The van der Waals surface area contributed by atoms with Crippen LogP contribution in [-0.2, 0) is 6.42 Å². The summed E-state index contributed by atoms with van der Waals surface area (Å²) in [6, 6.07) is 14.3. The molecule has 0 aliphatic heterocycles. The number of rotatable bonds is 3. The van der Waals surface area contributed by atoms with Gasteiger partial charge in [0.2, 0.25) is 0 Å². The van der Waals surface area contributed by atoms with Crippen LogP contribution in [0.2, 0.25) is 0 Å². The van der Waals surface area contributed by atoms with Crippen molar-refractivity contribution < 1.29 is 0 Å². The Morgan fingerprint density at radius 3 is 2.75 bits per heavy atom. The zero-order valence-corrected chi connectivity index (χ0v) is 11.4. The van der Waals surface area contributed by atoms with Gasteiger partial charge in [-0.3, -0.25) is 4.98 Å². The average Bonchev–Trinajstić information content (AvgIpc) is 2.51. The van der Waals surface area contributed by atoms with Gasteiger partial charge in [0.25, 0.3) is 0 Å². The van der Waals surface area contributed by atoms with Gasteiger partial charge in [-0.15, -0.1) is 0 Å². The van der Waals surface area contributed by atoms with Gasteiger partial charge in [-0.1, -0.05) is 31.2 Å². The Bertz CT molecular complexity index is 750. The second kappa shape index (κ2) is 5.21. The molecule has 3 N–H and O–H groups in total. The van der Waals surface area contributed by atoms with E-state index < -0.39 is 0 Å². The van der Waals surface area contributed by atoms with E-state index in [4.69, 9.17) is 5.73 Å². The summed E-state index contributed by atoms with van der Waals surface area (Å²) in [6.07, 6.45) is 4.58. The third-order valence-corrected chi connectivity index (χ3v) is 3.53. The Balaban J connectivity index is 2.05. The Kier molecular flexibility index (Phi) is 3.25. The first kappa shape index (κ1) is 12.5. The van der Waals surface area contributed by atoms with Crippen molar-refractivity contribution in [1.82, 2.24) is 4.98 Å². The number of nitrogens with zero attached hydrogens (tertiary/aromatic N) is 1. The summed E-state index contributed by atoms with van der Waals surface area (Å²) in [5, 5.41) is 5.52. The lowest BCUT2D eigenvalue weighted by Crippen LogP contribution is -1.99. The van der Waals surface area contributed by atoms with Crippen LogP contribution in [0, 0.1) is 0 Å². The zero-order valence-electron chi connectivity index (χ0n) is 11.4. The summed E-state index contributed by atoms with van der Waals surface area (Å²) in [5.74, 6) is 0. The van der Waals surface area contributed by atoms with Crippen molar-refractivity contribution in [3.63, 3.8) is 0 Å². The van der Waals surface area contributed by atoms with E-state index in [1.807, 2.05) is 30.5 Å². The van der Waals surface area contributed by atoms with Crippen molar-refractivity contribution in [3.8, 4) is 0 Å². The molecule has 3 aromatic rings. The van der Waals surface area contributed by atoms with E-state index in [1.165, 1.54) is 5.56 Å². The highest BCUT2D eigenvalue weighted by molar-refractivity contribution is 5.99. The normalized spacial score (nSPS) is 10.7. The first-order valence-electron chi connectivity index (χ1n) is 6.76. The number of nitrogen functional groups attached to an aromatic ring is 1. The van der Waals surface area contributed by atoms with Crippen LogP contribution in [-0.4, -0.2) is 4.98 Å².